The number of hydrogen-bond donors (Lipinski definition) is 2. The molecule has 0 bridgehead atoms. The van der Waals surface area contributed by atoms with Crippen LogP contribution >= 0.6 is 11.6 Å². The fourth-order valence-corrected chi connectivity index (χ4v) is 2.37. The molecule has 29 heavy (non-hydrogen) atoms. The molecule has 0 unspecified atom stereocenters. The molecule has 3 rings (SSSR count). The number of amides is 1. The molecule has 8 nitrogen and oxygen atoms in total. The van der Waals surface area contributed by atoms with Crippen LogP contribution in [0.2, 0.25) is 5.28 Å². The van der Waals surface area contributed by atoms with Gasteiger partial charge in [0.15, 0.2) is 11.5 Å². The van der Waals surface area contributed by atoms with E-state index in [-0.39, 0.29) is 34.0 Å². The fraction of sp³-hybridized carbons (Fsp3) is 0.0526. The quantitative estimate of drug-likeness (QED) is 0.361. The van der Waals surface area contributed by atoms with E-state index in [1.54, 1.807) is 24.3 Å². The zero-order valence-corrected chi connectivity index (χ0v) is 15.7. The number of benzene rings is 2. The Morgan fingerprint density at radius 1 is 1.28 bits per heavy atom. The lowest BCUT2D eigenvalue weighted by Crippen LogP contribution is -2.17. The van der Waals surface area contributed by atoms with Gasteiger partial charge in [-0.25, -0.2) is 10.4 Å². The molecule has 1 amide bonds. The van der Waals surface area contributed by atoms with Gasteiger partial charge in [0.2, 0.25) is 11.1 Å². The number of aromatic hydroxyl groups is 1. The maximum atomic E-state index is 13.8. The van der Waals surface area contributed by atoms with Crippen LogP contribution in [0, 0.1) is 5.82 Å². The summed E-state index contributed by atoms with van der Waals surface area (Å²) < 4.78 is 24.4. The lowest BCUT2D eigenvalue weighted by molar-refractivity contribution is 0.0952. The molecule has 0 aliphatic carbocycles. The van der Waals surface area contributed by atoms with E-state index in [0.29, 0.717) is 5.56 Å². The normalized spacial score (nSPS) is 10.7. The highest BCUT2D eigenvalue weighted by molar-refractivity contribution is 6.28. The first-order valence-electron chi connectivity index (χ1n) is 8.13. The number of carbonyl (C=O) groups excluding carboxylic acids is 1. The Labute approximate surface area is 169 Å². The molecular weight excluding hydrogens is 403 g/mol. The lowest BCUT2D eigenvalue weighted by atomic mass is 10.2. The Morgan fingerprint density at radius 2 is 2.07 bits per heavy atom. The number of nitrogens with zero attached hydrogens (tertiary/aromatic N) is 3. The van der Waals surface area contributed by atoms with Gasteiger partial charge in [-0.1, -0.05) is 12.1 Å². The van der Waals surface area contributed by atoms with Crippen LogP contribution in [0.1, 0.15) is 15.9 Å². The number of hydrogen-bond acceptors (Lipinski definition) is 7. The maximum absolute atomic E-state index is 13.8. The van der Waals surface area contributed by atoms with Crippen molar-refractivity contribution in [1.82, 2.24) is 15.4 Å². The van der Waals surface area contributed by atoms with E-state index in [2.05, 4.69) is 20.5 Å². The second-order valence-corrected chi connectivity index (χ2v) is 5.86. The summed E-state index contributed by atoms with van der Waals surface area (Å²) in [6.07, 6.45) is 2.26. The maximum Gasteiger partial charge on any atom is 0.275 e. The number of carbonyl (C=O) groups is 1. The highest BCUT2D eigenvalue weighted by Gasteiger charge is 2.13. The smallest absolute Gasteiger partial charge is 0.275 e. The Kier molecular flexibility index (Phi) is 6.20. The van der Waals surface area contributed by atoms with E-state index < -0.39 is 11.7 Å². The van der Waals surface area contributed by atoms with Crippen molar-refractivity contribution >= 4 is 23.7 Å². The molecule has 0 radical (unpaired) electrons. The number of rotatable bonds is 6. The molecular formula is C19H14ClFN4O4. The number of methoxy groups -OCH3 is 1. The van der Waals surface area contributed by atoms with Gasteiger partial charge in [0.25, 0.3) is 11.8 Å². The molecule has 0 aliphatic rings. The first-order chi connectivity index (χ1) is 14.0. The van der Waals surface area contributed by atoms with Gasteiger partial charge < -0.3 is 14.6 Å². The Morgan fingerprint density at radius 3 is 2.83 bits per heavy atom. The largest absolute Gasteiger partial charge is 0.507 e. The minimum absolute atomic E-state index is 0.0940. The Hall–Kier alpha value is -3.72. The molecule has 1 heterocycles. The first kappa shape index (κ1) is 20.0. The van der Waals surface area contributed by atoms with E-state index in [0.717, 1.165) is 6.20 Å². The molecule has 2 aromatic carbocycles. The molecule has 2 N–H and O–H groups in total. The van der Waals surface area contributed by atoms with Crippen LogP contribution in [0.4, 0.5) is 4.39 Å². The molecule has 0 aliphatic heterocycles. The summed E-state index contributed by atoms with van der Waals surface area (Å²) in [5.74, 6) is -1.39. The van der Waals surface area contributed by atoms with Crippen LogP contribution in [0.25, 0.3) is 0 Å². The second kappa shape index (κ2) is 8.98. The van der Waals surface area contributed by atoms with Gasteiger partial charge in [-0.3, -0.25) is 4.79 Å². The van der Waals surface area contributed by atoms with Crippen molar-refractivity contribution in [1.29, 1.82) is 0 Å². The summed E-state index contributed by atoms with van der Waals surface area (Å²) in [5.41, 5.74) is 2.97. The van der Waals surface area contributed by atoms with Crippen LogP contribution in [0.5, 0.6) is 23.1 Å². The van der Waals surface area contributed by atoms with E-state index in [1.165, 1.54) is 31.5 Å². The molecule has 0 saturated carbocycles. The standard InChI is InChI=1S/C19H14ClFN4O4/c1-28-16-8-11(9-23-25-17(27)12-4-2-3-5-14(12)26)6-7-15(16)29-18-13(21)10-22-19(20)24-18/h2-10,26H,1H3,(H,25,27)/b23-9-. The average molecular weight is 417 g/mol. The van der Waals surface area contributed by atoms with Crippen molar-refractivity contribution in [2.45, 2.75) is 0 Å². The van der Waals surface area contributed by atoms with Gasteiger partial charge in [-0.2, -0.15) is 14.5 Å². The SMILES string of the molecule is COc1cc(/C=N\NC(=O)c2ccccc2O)ccc1Oc1nc(Cl)ncc1F. The van der Waals surface area contributed by atoms with Crippen LogP contribution in [0.3, 0.4) is 0 Å². The number of aromatic nitrogens is 2. The van der Waals surface area contributed by atoms with Crippen molar-refractivity contribution in [3.05, 3.63) is 70.9 Å². The van der Waals surface area contributed by atoms with Crippen molar-refractivity contribution in [2.24, 2.45) is 5.10 Å². The van der Waals surface area contributed by atoms with Crippen molar-refractivity contribution in [3.63, 3.8) is 0 Å². The summed E-state index contributed by atoms with van der Waals surface area (Å²) in [7, 11) is 1.41. The van der Waals surface area contributed by atoms with Crippen molar-refractivity contribution in [3.8, 4) is 23.1 Å². The second-order valence-electron chi connectivity index (χ2n) is 5.52. The molecule has 0 atom stereocenters. The fourth-order valence-electron chi connectivity index (χ4n) is 2.25. The minimum Gasteiger partial charge on any atom is -0.507 e. The summed E-state index contributed by atoms with van der Waals surface area (Å²) in [5, 5.41) is 13.3. The number of nitrogens with one attached hydrogen (secondary N) is 1. The third-order valence-corrected chi connectivity index (χ3v) is 3.79. The summed E-state index contributed by atoms with van der Waals surface area (Å²) in [4.78, 5) is 19.2. The van der Waals surface area contributed by atoms with E-state index >= 15 is 0 Å². The highest BCUT2D eigenvalue weighted by atomic mass is 35.5. The zero-order valence-electron chi connectivity index (χ0n) is 15.0. The number of hydrazone groups is 1. The van der Waals surface area contributed by atoms with Crippen LogP contribution in [-0.4, -0.2) is 34.3 Å². The van der Waals surface area contributed by atoms with Gasteiger partial charge in [-0.15, -0.1) is 0 Å². The van der Waals surface area contributed by atoms with Crippen LogP contribution in [0.15, 0.2) is 53.8 Å². The van der Waals surface area contributed by atoms with Gasteiger partial charge in [0.05, 0.1) is 25.1 Å². The molecule has 10 heteroatoms. The highest BCUT2D eigenvalue weighted by Crippen LogP contribution is 2.32. The van der Waals surface area contributed by atoms with E-state index in [1.807, 2.05) is 0 Å². The van der Waals surface area contributed by atoms with Gasteiger partial charge in [-0.05, 0) is 47.5 Å². The summed E-state index contributed by atoms with van der Waals surface area (Å²) in [6.45, 7) is 0. The Balaban J connectivity index is 1.73. The Bertz CT molecular complexity index is 1080. The van der Waals surface area contributed by atoms with Gasteiger partial charge in [0.1, 0.15) is 5.75 Å². The minimum atomic E-state index is -0.783. The average Bonchev–Trinajstić information content (AvgIpc) is 2.71. The van der Waals surface area contributed by atoms with Crippen LogP contribution < -0.4 is 14.9 Å². The number of phenols is 1. The monoisotopic (exact) mass is 416 g/mol. The lowest BCUT2D eigenvalue weighted by Gasteiger charge is -2.10. The topological polar surface area (TPSA) is 106 Å². The number of phenolic OH excluding ortho intramolecular Hbond substituents is 1. The first-order valence-corrected chi connectivity index (χ1v) is 8.51. The summed E-state index contributed by atoms with van der Waals surface area (Å²) in [6, 6.07) is 10.8. The number of para-hydroxylation sites is 1. The van der Waals surface area contributed by atoms with Crippen LogP contribution in [-0.2, 0) is 0 Å². The molecule has 3 aromatic rings. The summed E-state index contributed by atoms with van der Waals surface area (Å²) >= 11 is 5.65. The molecule has 148 valence electrons. The van der Waals surface area contributed by atoms with Gasteiger partial charge >= 0.3 is 0 Å². The molecule has 0 saturated heterocycles. The number of ether oxygens (including phenoxy) is 2. The molecule has 0 spiro atoms. The third-order valence-electron chi connectivity index (χ3n) is 3.61. The van der Waals surface area contributed by atoms with Crippen molar-refractivity contribution < 1.29 is 23.8 Å². The third kappa shape index (κ3) is 4.96. The predicted octanol–water partition coefficient (Wildman–Crippen LogP) is 3.54. The van der Waals surface area contributed by atoms with E-state index in [9.17, 15) is 14.3 Å². The van der Waals surface area contributed by atoms with Gasteiger partial charge in [0, 0.05) is 0 Å². The van der Waals surface area contributed by atoms with E-state index in [4.69, 9.17) is 21.1 Å². The zero-order chi connectivity index (χ0) is 20.8. The van der Waals surface area contributed by atoms with Crippen molar-refractivity contribution in [2.75, 3.05) is 7.11 Å². The number of halogens is 2. The predicted molar refractivity (Wildman–Crippen MR) is 103 cm³/mol. The molecule has 0 fully saturated rings. The molecule has 1 aromatic heterocycles.